The molecule has 2 aliphatic heterocycles. The third-order valence-corrected chi connectivity index (χ3v) is 4.28. The van der Waals surface area contributed by atoms with Crippen molar-refractivity contribution in [1.82, 2.24) is 9.88 Å². The maximum atomic E-state index is 5.82. The van der Waals surface area contributed by atoms with Gasteiger partial charge >= 0.3 is 0 Å². The van der Waals surface area contributed by atoms with Gasteiger partial charge in [-0.3, -0.25) is 4.90 Å². The first-order chi connectivity index (χ1) is 9.22. The maximum Gasteiger partial charge on any atom is 0.128 e. The lowest BCUT2D eigenvalue weighted by atomic mass is 10.1. The number of rotatable bonds is 3. The second-order valence-corrected chi connectivity index (χ2v) is 5.98. The molecule has 2 aliphatic rings. The highest BCUT2D eigenvalue weighted by Crippen LogP contribution is 2.24. The van der Waals surface area contributed by atoms with Crippen molar-refractivity contribution in [3.05, 3.63) is 23.9 Å². The van der Waals surface area contributed by atoms with E-state index in [0.717, 1.165) is 31.4 Å². The van der Waals surface area contributed by atoms with Gasteiger partial charge in [0.1, 0.15) is 5.82 Å². The zero-order valence-corrected chi connectivity index (χ0v) is 11.8. The number of aromatic nitrogens is 1. The van der Waals surface area contributed by atoms with E-state index in [9.17, 15) is 0 Å². The molecule has 4 nitrogen and oxygen atoms in total. The summed E-state index contributed by atoms with van der Waals surface area (Å²) in [6.07, 6.45) is 5.60. The molecule has 104 valence electrons. The lowest BCUT2D eigenvalue weighted by Gasteiger charge is -2.38. The molecule has 1 aromatic rings. The van der Waals surface area contributed by atoms with Crippen molar-refractivity contribution >= 4 is 5.82 Å². The molecular weight excluding hydrogens is 236 g/mol. The Balaban J connectivity index is 1.65. The Labute approximate surface area is 115 Å². The first kappa shape index (κ1) is 12.9. The topological polar surface area (TPSA) is 45.4 Å². The number of nitrogens with two attached hydrogens (primary N) is 1. The Morgan fingerprint density at radius 1 is 1.37 bits per heavy atom. The first-order valence-corrected chi connectivity index (χ1v) is 7.42. The van der Waals surface area contributed by atoms with Crippen LogP contribution in [0.3, 0.4) is 0 Å². The van der Waals surface area contributed by atoms with E-state index in [2.05, 4.69) is 26.9 Å². The summed E-state index contributed by atoms with van der Waals surface area (Å²) in [4.78, 5) is 9.68. The summed E-state index contributed by atoms with van der Waals surface area (Å²) in [6, 6.07) is 5.28. The molecule has 2 N–H and O–H groups in total. The van der Waals surface area contributed by atoms with E-state index in [1.807, 2.05) is 13.1 Å². The molecule has 2 saturated heterocycles. The summed E-state index contributed by atoms with van der Waals surface area (Å²) in [7, 11) is 0. The maximum absolute atomic E-state index is 5.82. The molecule has 0 saturated carbocycles. The molecule has 19 heavy (non-hydrogen) atoms. The fourth-order valence-corrected chi connectivity index (χ4v) is 3.30. The SMILES string of the molecule is CC(N)Cc1ccc(N2CCN3CCCC3C2)nc1. The highest BCUT2D eigenvalue weighted by Gasteiger charge is 2.30. The van der Waals surface area contributed by atoms with Crippen molar-refractivity contribution in [2.45, 2.75) is 38.3 Å². The van der Waals surface area contributed by atoms with E-state index >= 15 is 0 Å². The molecule has 2 fully saturated rings. The predicted molar refractivity (Wildman–Crippen MR) is 78.4 cm³/mol. The lowest BCUT2D eigenvalue weighted by molar-refractivity contribution is 0.230. The Kier molecular flexibility index (Phi) is 3.71. The minimum absolute atomic E-state index is 0.203. The van der Waals surface area contributed by atoms with Crippen LogP contribution < -0.4 is 10.6 Å². The lowest BCUT2D eigenvalue weighted by Crippen LogP contribution is -2.50. The van der Waals surface area contributed by atoms with E-state index < -0.39 is 0 Å². The fourth-order valence-electron chi connectivity index (χ4n) is 3.30. The van der Waals surface area contributed by atoms with Crippen LogP contribution in [0.5, 0.6) is 0 Å². The molecule has 0 amide bonds. The van der Waals surface area contributed by atoms with Crippen LogP contribution in [0.15, 0.2) is 18.3 Å². The van der Waals surface area contributed by atoms with Gasteiger partial charge < -0.3 is 10.6 Å². The van der Waals surface area contributed by atoms with Crippen molar-refractivity contribution in [3.8, 4) is 0 Å². The number of pyridine rings is 1. The number of anilines is 1. The molecule has 2 atom stereocenters. The minimum Gasteiger partial charge on any atom is -0.354 e. The number of piperazine rings is 1. The Hall–Kier alpha value is -1.13. The molecule has 4 heteroatoms. The van der Waals surface area contributed by atoms with Crippen LogP contribution in [-0.4, -0.2) is 48.1 Å². The normalized spacial score (nSPS) is 25.4. The Morgan fingerprint density at radius 2 is 2.26 bits per heavy atom. The van der Waals surface area contributed by atoms with E-state index in [1.54, 1.807) is 0 Å². The molecular formula is C15H24N4. The third kappa shape index (κ3) is 2.90. The predicted octanol–water partition coefficient (Wildman–Crippen LogP) is 1.26. The summed E-state index contributed by atoms with van der Waals surface area (Å²) in [6.45, 7) is 6.76. The summed E-state index contributed by atoms with van der Waals surface area (Å²) in [5, 5.41) is 0. The largest absolute Gasteiger partial charge is 0.354 e. The summed E-state index contributed by atoms with van der Waals surface area (Å²) < 4.78 is 0. The van der Waals surface area contributed by atoms with Crippen molar-refractivity contribution in [1.29, 1.82) is 0 Å². The molecule has 0 aromatic carbocycles. The molecule has 0 spiro atoms. The monoisotopic (exact) mass is 260 g/mol. The second-order valence-electron chi connectivity index (χ2n) is 5.98. The minimum atomic E-state index is 0.203. The van der Waals surface area contributed by atoms with Crippen molar-refractivity contribution in [2.75, 3.05) is 31.1 Å². The average Bonchev–Trinajstić information content (AvgIpc) is 2.86. The Morgan fingerprint density at radius 3 is 3.00 bits per heavy atom. The van der Waals surface area contributed by atoms with E-state index in [4.69, 9.17) is 5.73 Å². The highest BCUT2D eigenvalue weighted by atomic mass is 15.3. The van der Waals surface area contributed by atoms with Gasteiger partial charge in [0, 0.05) is 37.9 Å². The first-order valence-electron chi connectivity index (χ1n) is 7.42. The van der Waals surface area contributed by atoms with Gasteiger partial charge in [-0.05, 0) is 44.4 Å². The van der Waals surface area contributed by atoms with Gasteiger partial charge in [-0.25, -0.2) is 4.98 Å². The molecule has 3 rings (SSSR count). The van der Waals surface area contributed by atoms with Gasteiger partial charge in [-0.15, -0.1) is 0 Å². The molecule has 0 bridgehead atoms. The summed E-state index contributed by atoms with van der Waals surface area (Å²) in [5.41, 5.74) is 7.05. The van der Waals surface area contributed by atoms with Crippen molar-refractivity contribution in [2.24, 2.45) is 5.73 Å². The molecule has 0 aliphatic carbocycles. The Bertz CT molecular complexity index is 415. The quantitative estimate of drug-likeness (QED) is 0.888. The molecule has 3 heterocycles. The second kappa shape index (κ2) is 5.47. The van der Waals surface area contributed by atoms with E-state index in [0.29, 0.717) is 0 Å². The van der Waals surface area contributed by atoms with Gasteiger partial charge in [0.05, 0.1) is 0 Å². The van der Waals surface area contributed by atoms with Crippen LogP contribution in [0, 0.1) is 0 Å². The molecule has 2 unspecified atom stereocenters. The molecule has 0 radical (unpaired) electrons. The summed E-state index contributed by atoms with van der Waals surface area (Å²) >= 11 is 0. The van der Waals surface area contributed by atoms with Gasteiger partial charge in [0.25, 0.3) is 0 Å². The van der Waals surface area contributed by atoms with Crippen LogP contribution in [-0.2, 0) is 6.42 Å². The van der Waals surface area contributed by atoms with Gasteiger partial charge in [-0.1, -0.05) is 6.07 Å². The smallest absolute Gasteiger partial charge is 0.128 e. The van der Waals surface area contributed by atoms with Crippen LogP contribution in [0.4, 0.5) is 5.82 Å². The zero-order chi connectivity index (χ0) is 13.2. The number of nitrogens with zero attached hydrogens (tertiary/aromatic N) is 3. The van der Waals surface area contributed by atoms with Gasteiger partial charge in [0.2, 0.25) is 0 Å². The van der Waals surface area contributed by atoms with Crippen molar-refractivity contribution < 1.29 is 0 Å². The number of hydrogen-bond acceptors (Lipinski definition) is 4. The van der Waals surface area contributed by atoms with Crippen LogP contribution in [0.2, 0.25) is 0 Å². The summed E-state index contributed by atoms with van der Waals surface area (Å²) in [5.74, 6) is 1.12. The van der Waals surface area contributed by atoms with E-state index in [1.165, 1.54) is 31.5 Å². The number of fused-ring (bicyclic) bond motifs is 1. The van der Waals surface area contributed by atoms with E-state index in [-0.39, 0.29) is 6.04 Å². The van der Waals surface area contributed by atoms with Crippen LogP contribution in [0.1, 0.15) is 25.3 Å². The zero-order valence-electron chi connectivity index (χ0n) is 11.8. The van der Waals surface area contributed by atoms with Gasteiger partial charge in [0.15, 0.2) is 0 Å². The number of hydrogen-bond donors (Lipinski definition) is 1. The standard InChI is InChI=1S/C15H24N4/c1-12(16)9-13-4-5-15(17-10-13)19-8-7-18-6-2-3-14(18)11-19/h4-5,10,12,14H,2-3,6-9,11,16H2,1H3. The average molecular weight is 260 g/mol. The van der Waals surface area contributed by atoms with Gasteiger partial charge in [-0.2, -0.15) is 0 Å². The van der Waals surface area contributed by atoms with Crippen LogP contribution in [0.25, 0.3) is 0 Å². The third-order valence-electron chi connectivity index (χ3n) is 4.28. The van der Waals surface area contributed by atoms with Crippen molar-refractivity contribution in [3.63, 3.8) is 0 Å². The van der Waals surface area contributed by atoms with Crippen LogP contribution >= 0.6 is 0 Å². The fraction of sp³-hybridized carbons (Fsp3) is 0.667. The molecule has 1 aromatic heterocycles. The highest BCUT2D eigenvalue weighted by molar-refractivity contribution is 5.40.